The van der Waals surface area contributed by atoms with E-state index in [9.17, 15) is 9.90 Å². The van der Waals surface area contributed by atoms with Crippen LogP contribution in [0.25, 0.3) is 0 Å². The van der Waals surface area contributed by atoms with Gasteiger partial charge in [0.05, 0.1) is 0 Å². The number of fused-ring (bicyclic) bond motifs is 2. The van der Waals surface area contributed by atoms with Crippen molar-refractivity contribution in [2.75, 3.05) is 6.61 Å². The van der Waals surface area contributed by atoms with Crippen molar-refractivity contribution >= 4 is 17.2 Å². The Morgan fingerprint density at radius 2 is 2.24 bits per heavy atom. The molecule has 0 saturated heterocycles. The van der Waals surface area contributed by atoms with Gasteiger partial charge in [-0.05, 0) is 67.9 Å². The maximum Gasteiger partial charge on any atom is 0.220 e. The van der Waals surface area contributed by atoms with Gasteiger partial charge in [-0.3, -0.25) is 4.79 Å². The van der Waals surface area contributed by atoms with Crippen LogP contribution in [0, 0.1) is 24.7 Å². The minimum absolute atomic E-state index is 0.167. The molecular weight excluding hydrogens is 282 g/mol. The van der Waals surface area contributed by atoms with Crippen LogP contribution in [0.5, 0.6) is 0 Å². The van der Waals surface area contributed by atoms with E-state index in [0.29, 0.717) is 24.2 Å². The molecule has 4 atom stereocenters. The highest BCUT2D eigenvalue weighted by Crippen LogP contribution is 2.48. The van der Waals surface area contributed by atoms with Crippen LogP contribution in [-0.2, 0) is 11.2 Å². The van der Waals surface area contributed by atoms with E-state index in [1.165, 1.54) is 29.7 Å². The zero-order chi connectivity index (χ0) is 14.8. The summed E-state index contributed by atoms with van der Waals surface area (Å²) in [5, 5.41) is 14.9. The third-order valence-electron chi connectivity index (χ3n) is 5.40. The Kier molecular flexibility index (Phi) is 4.65. The van der Waals surface area contributed by atoms with E-state index < -0.39 is 0 Å². The first kappa shape index (κ1) is 15.0. The van der Waals surface area contributed by atoms with Gasteiger partial charge in [0.1, 0.15) is 0 Å². The van der Waals surface area contributed by atoms with E-state index in [2.05, 4.69) is 23.7 Å². The first-order valence-corrected chi connectivity index (χ1v) is 9.00. The Bertz CT molecular complexity index is 499. The van der Waals surface area contributed by atoms with Gasteiger partial charge in [0.25, 0.3) is 0 Å². The molecule has 2 N–H and O–H groups in total. The van der Waals surface area contributed by atoms with Crippen molar-refractivity contribution in [3.05, 3.63) is 21.9 Å². The molecule has 1 heterocycles. The number of thiophene rings is 1. The molecule has 0 aliphatic heterocycles. The molecule has 2 aliphatic rings. The van der Waals surface area contributed by atoms with Crippen molar-refractivity contribution in [3.8, 4) is 0 Å². The van der Waals surface area contributed by atoms with Gasteiger partial charge in [0.2, 0.25) is 5.91 Å². The first-order chi connectivity index (χ1) is 10.2. The van der Waals surface area contributed by atoms with Gasteiger partial charge in [-0.15, -0.1) is 11.3 Å². The summed E-state index contributed by atoms with van der Waals surface area (Å²) < 4.78 is 0. The molecule has 1 aromatic heterocycles. The average Bonchev–Trinajstić information content (AvgIpc) is 3.16. The molecule has 2 fully saturated rings. The zero-order valence-electron chi connectivity index (χ0n) is 12.7. The maximum atomic E-state index is 12.2. The van der Waals surface area contributed by atoms with E-state index >= 15 is 0 Å². The molecule has 2 bridgehead atoms. The number of aryl methyl sites for hydroxylation is 2. The number of rotatable bonds is 6. The Morgan fingerprint density at radius 3 is 2.95 bits per heavy atom. The van der Waals surface area contributed by atoms with Gasteiger partial charge in [0.15, 0.2) is 0 Å². The van der Waals surface area contributed by atoms with Crippen LogP contribution in [-0.4, -0.2) is 23.7 Å². The summed E-state index contributed by atoms with van der Waals surface area (Å²) in [6.45, 7) is 2.35. The largest absolute Gasteiger partial charge is 0.396 e. The van der Waals surface area contributed by atoms with Crippen molar-refractivity contribution in [2.45, 2.75) is 51.5 Å². The lowest BCUT2D eigenvalue weighted by molar-refractivity contribution is -0.122. The lowest BCUT2D eigenvalue weighted by atomic mass is 9.85. The molecule has 3 rings (SSSR count). The number of amides is 1. The number of aliphatic hydroxyl groups excluding tert-OH is 1. The van der Waals surface area contributed by atoms with Crippen molar-refractivity contribution in [3.63, 3.8) is 0 Å². The normalized spacial score (nSPS) is 30.8. The summed E-state index contributed by atoms with van der Waals surface area (Å²) in [6, 6.07) is 2.37. The predicted octanol–water partition coefficient (Wildman–Crippen LogP) is 2.90. The van der Waals surface area contributed by atoms with E-state index in [4.69, 9.17) is 0 Å². The highest BCUT2D eigenvalue weighted by Gasteiger charge is 2.47. The molecule has 2 aliphatic carbocycles. The number of carbonyl (C=O) groups excluding carboxylic acids is 1. The fourth-order valence-corrected chi connectivity index (χ4v) is 5.18. The molecule has 0 spiro atoms. The second-order valence-electron chi connectivity index (χ2n) is 6.65. The van der Waals surface area contributed by atoms with Gasteiger partial charge >= 0.3 is 0 Å². The number of aliphatic hydroxyl groups is 1. The van der Waals surface area contributed by atoms with Gasteiger partial charge in [-0.25, -0.2) is 0 Å². The second-order valence-corrected chi connectivity index (χ2v) is 7.65. The fourth-order valence-electron chi connectivity index (χ4n) is 4.23. The minimum atomic E-state index is 0.167. The molecule has 0 aromatic carbocycles. The molecule has 2 saturated carbocycles. The summed E-state index contributed by atoms with van der Waals surface area (Å²) in [4.78, 5) is 13.6. The van der Waals surface area contributed by atoms with Crippen LogP contribution < -0.4 is 5.32 Å². The molecule has 4 unspecified atom stereocenters. The summed E-state index contributed by atoms with van der Waals surface area (Å²) in [5.41, 5.74) is 1.34. The van der Waals surface area contributed by atoms with E-state index in [-0.39, 0.29) is 18.6 Å². The van der Waals surface area contributed by atoms with E-state index in [0.717, 1.165) is 12.8 Å². The Hall–Kier alpha value is -0.870. The van der Waals surface area contributed by atoms with Crippen molar-refractivity contribution in [2.24, 2.45) is 17.8 Å². The average molecular weight is 307 g/mol. The van der Waals surface area contributed by atoms with Gasteiger partial charge < -0.3 is 10.4 Å². The van der Waals surface area contributed by atoms with Crippen LogP contribution >= 0.6 is 11.3 Å². The molecule has 4 heteroatoms. The monoisotopic (exact) mass is 307 g/mol. The zero-order valence-corrected chi connectivity index (χ0v) is 13.5. The molecular formula is C17H25NO2S. The fraction of sp³-hybridized carbons (Fsp3) is 0.706. The number of hydrogen-bond acceptors (Lipinski definition) is 3. The van der Waals surface area contributed by atoms with E-state index in [1.807, 2.05) is 0 Å². The van der Waals surface area contributed by atoms with Crippen molar-refractivity contribution < 1.29 is 9.90 Å². The van der Waals surface area contributed by atoms with Crippen molar-refractivity contribution in [1.82, 2.24) is 5.32 Å². The lowest BCUT2D eigenvalue weighted by Gasteiger charge is -2.30. The maximum absolute atomic E-state index is 12.2. The lowest BCUT2D eigenvalue weighted by Crippen LogP contribution is -2.45. The number of nitrogens with one attached hydrogen (secondary N) is 1. The summed E-state index contributed by atoms with van der Waals surface area (Å²) >= 11 is 1.78. The standard InChI is InChI=1S/C17H25NO2S/c1-11-7-8-21-15(11)3-2-4-16(20)18-17-13-6-5-12(9-13)14(17)10-19/h7-8,12-14,17,19H,2-6,9-10H2,1H3,(H,18,20). The smallest absolute Gasteiger partial charge is 0.220 e. The number of carbonyl (C=O) groups is 1. The summed E-state index contributed by atoms with van der Waals surface area (Å²) in [6.07, 6.45) is 6.17. The molecule has 116 valence electrons. The Balaban J connectivity index is 1.45. The van der Waals surface area contributed by atoms with Crippen LogP contribution in [0.3, 0.4) is 0 Å². The quantitative estimate of drug-likeness (QED) is 0.849. The molecule has 1 amide bonds. The van der Waals surface area contributed by atoms with Crippen LogP contribution in [0.2, 0.25) is 0 Å². The summed E-state index contributed by atoms with van der Waals surface area (Å²) in [5.74, 6) is 1.71. The van der Waals surface area contributed by atoms with Crippen LogP contribution in [0.4, 0.5) is 0 Å². The topological polar surface area (TPSA) is 49.3 Å². The minimum Gasteiger partial charge on any atom is -0.396 e. The van der Waals surface area contributed by atoms with Gasteiger partial charge in [0, 0.05) is 29.9 Å². The highest BCUT2D eigenvalue weighted by molar-refractivity contribution is 7.10. The Labute approximate surface area is 130 Å². The molecule has 3 nitrogen and oxygen atoms in total. The van der Waals surface area contributed by atoms with Crippen molar-refractivity contribution in [1.29, 1.82) is 0 Å². The molecule has 1 aromatic rings. The SMILES string of the molecule is Cc1ccsc1CCCC(=O)NC1C2CCC(C2)C1CO. The third-order valence-corrected chi connectivity index (χ3v) is 6.49. The van der Waals surface area contributed by atoms with Gasteiger partial charge in [-0.2, -0.15) is 0 Å². The summed E-state index contributed by atoms with van der Waals surface area (Å²) in [7, 11) is 0. The van der Waals surface area contributed by atoms with Gasteiger partial charge in [-0.1, -0.05) is 0 Å². The molecule has 0 radical (unpaired) electrons. The van der Waals surface area contributed by atoms with Crippen LogP contribution in [0.15, 0.2) is 11.4 Å². The number of hydrogen-bond donors (Lipinski definition) is 2. The predicted molar refractivity (Wildman–Crippen MR) is 85.3 cm³/mol. The van der Waals surface area contributed by atoms with E-state index in [1.54, 1.807) is 11.3 Å². The van der Waals surface area contributed by atoms with Crippen LogP contribution in [0.1, 0.15) is 42.5 Å². The third kappa shape index (κ3) is 3.16. The second kappa shape index (κ2) is 6.49. The Morgan fingerprint density at radius 1 is 1.43 bits per heavy atom. The first-order valence-electron chi connectivity index (χ1n) is 8.12. The molecule has 21 heavy (non-hydrogen) atoms. The highest BCUT2D eigenvalue weighted by atomic mass is 32.1.